The fourth-order valence-corrected chi connectivity index (χ4v) is 3.30. The second-order valence-electron chi connectivity index (χ2n) is 5.58. The van der Waals surface area contributed by atoms with Gasteiger partial charge < -0.3 is 20.4 Å². The number of amidine groups is 1. The number of nitrogens with zero attached hydrogens (tertiary/aromatic N) is 2. The molecule has 152 valence electrons. The van der Waals surface area contributed by atoms with Gasteiger partial charge in [-0.05, 0) is 56.6 Å². The Morgan fingerprint density at radius 3 is 2.90 bits per heavy atom. The van der Waals surface area contributed by atoms with Crippen molar-refractivity contribution in [1.82, 2.24) is 20.9 Å². The lowest BCUT2D eigenvalue weighted by Gasteiger charge is -2.08. The van der Waals surface area contributed by atoms with E-state index in [1.54, 1.807) is 12.1 Å². The van der Waals surface area contributed by atoms with Crippen LogP contribution in [0.3, 0.4) is 0 Å². The molecule has 0 unspecified atom stereocenters. The number of halogens is 2. The molecule has 29 heavy (non-hydrogen) atoms. The highest BCUT2D eigenvalue weighted by Gasteiger charge is 2.16. The summed E-state index contributed by atoms with van der Waals surface area (Å²) in [5.41, 5.74) is 0.731. The van der Waals surface area contributed by atoms with Crippen LogP contribution in [-0.2, 0) is 6.54 Å². The van der Waals surface area contributed by atoms with E-state index in [0.717, 1.165) is 0 Å². The molecule has 3 aromatic rings. The first-order chi connectivity index (χ1) is 14.0. The molecule has 3 rings (SSSR count). The number of furan rings is 1. The summed E-state index contributed by atoms with van der Waals surface area (Å²) in [5.74, 6) is 0.704. The van der Waals surface area contributed by atoms with Gasteiger partial charge in [-0.1, -0.05) is 11.8 Å². The minimum atomic E-state index is -0.401. The van der Waals surface area contributed by atoms with Crippen LogP contribution in [0, 0.1) is 11.2 Å². The number of aromatic nitrogens is 2. The zero-order valence-corrected chi connectivity index (χ0v) is 17.3. The number of hydrogen-bond donors (Lipinski definition) is 4. The van der Waals surface area contributed by atoms with Crippen LogP contribution in [0.25, 0.3) is 0 Å². The smallest absolute Gasteiger partial charge is 0.315 e. The van der Waals surface area contributed by atoms with Gasteiger partial charge in [0.05, 0.1) is 17.3 Å². The van der Waals surface area contributed by atoms with Gasteiger partial charge in [0.1, 0.15) is 11.6 Å². The highest BCUT2D eigenvalue weighted by atomic mass is 79.9. The van der Waals surface area contributed by atoms with E-state index in [1.165, 1.54) is 36.2 Å². The Hall–Kier alpha value is -2.86. The van der Waals surface area contributed by atoms with Crippen LogP contribution in [0.5, 0.6) is 0 Å². The first-order valence-electron chi connectivity index (χ1n) is 8.33. The summed E-state index contributed by atoms with van der Waals surface area (Å²) >= 11 is 4.37. The van der Waals surface area contributed by atoms with Crippen molar-refractivity contribution < 1.29 is 18.2 Å². The summed E-state index contributed by atoms with van der Waals surface area (Å²) in [6.45, 7) is 0.665. The molecule has 4 N–H and O–H groups in total. The van der Waals surface area contributed by atoms with Crippen molar-refractivity contribution in [3.8, 4) is 0 Å². The van der Waals surface area contributed by atoms with Gasteiger partial charge in [-0.25, -0.2) is 13.8 Å². The molecule has 0 aliphatic heterocycles. The van der Waals surface area contributed by atoms with Gasteiger partial charge in [0, 0.05) is 18.0 Å². The second kappa shape index (κ2) is 10.1. The first kappa shape index (κ1) is 20.9. The third-order valence-electron chi connectivity index (χ3n) is 3.51. The molecule has 0 saturated heterocycles. The second-order valence-corrected chi connectivity index (χ2v) is 7.52. The molecule has 0 radical (unpaired) electrons. The molecule has 12 heteroatoms. The molecule has 0 aliphatic carbocycles. The summed E-state index contributed by atoms with van der Waals surface area (Å²) < 4.78 is 23.4. The Bertz CT molecular complexity index is 981. The number of carbonyl (C=O) groups is 1. The zero-order valence-electron chi connectivity index (χ0n) is 14.9. The summed E-state index contributed by atoms with van der Waals surface area (Å²) in [6, 6.07) is 7.48. The number of amides is 2. The fourth-order valence-electron chi connectivity index (χ4n) is 2.16. The molecule has 2 aromatic heterocycles. The Labute approximate surface area is 177 Å². The number of carbonyl (C=O) groups excluding carboxylic acids is 1. The van der Waals surface area contributed by atoms with Gasteiger partial charge in [0.25, 0.3) is 0 Å². The van der Waals surface area contributed by atoms with Gasteiger partial charge in [0.2, 0.25) is 0 Å². The summed E-state index contributed by atoms with van der Waals surface area (Å²) in [6.07, 6.45) is 1.54. The van der Waals surface area contributed by atoms with Gasteiger partial charge in [0.15, 0.2) is 16.6 Å². The van der Waals surface area contributed by atoms with Crippen molar-refractivity contribution in [1.29, 1.82) is 5.41 Å². The van der Waals surface area contributed by atoms with Crippen molar-refractivity contribution in [2.24, 2.45) is 0 Å². The Kier molecular flexibility index (Phi) is 7.25. The molecule has 0 atom stereocenters. The number of thioether (sulfide) groups is 1. The average Bonchev–Trinajstić information content (AvgIpc) is 3.38. The monoisotopic (exact) mass is 482 g/mol. The maximum atomic E-state index is 13.3. The van der Waals surface area contributed by atoms with E-state index < -0.39 is 5.82 Å². The van der Waals surface area contributed by atoms with Crippen molar-refractivity contribution in [2.75, 3.05) is 17.6 Å². The highest BCUT2D eigenvalue weighted by molar-refractivity contribution is 9.10. The van der Waals surface area contributed by atoms with Crippen LogP contribution in [0.1, 0.15) is 11.5 Å². The van der Waals surface area contributed by atoms with Crippen LogP contribution in [0.2, 0.25) is 0 Å². The minimum absolute atomic E-state index is 0.0450. The molecular weight excluding hydrogens is 467 g/mol. The maximum Gasteiger partial charge on any atom is 0.315 e. The number of benzene rings is 1. The molecule has 0 bridgehead atoms. The lowest BCUT2D eigenvalue weighted by molar-refractivity contribution is 0.240. The third kappa shape index (κ3) is 6.06. The van der Waals surface area contributed by atoms with Crippen LogP contribution in [0.15, 0.2) is 55.1 Å². The van der Waals surface area contributed by atoms with Gasteiger partial charge in [-0.2, -0.15) is 0 Å². The average molecular weight is 483 g/mol. The largest absolute Gasteiger partial charge is 0.467 e. The number of anilines is 1. The van der Waals surface area contributed by atoms with Crippen molar-refractivity contribution >= 4 is 45.2 Å². The minimum Gasteiger partial charge on any atom is -0.467 e. The maximum absolute atomic E-state index is 13.3. The highest BCUT2D eigenvalue weighted by Crippen LogP contribution is 2.22. The lowest BCUT2D eigenvalue weighted by atomic mass is 10.3. The van der Waals surface area contributed by atoms with Crippen LogP contribution >= 0.6 is 27.7 Å². The quantitative estimate of drug-likeness (QED) is 0.167. The van der Waals surface area contributed by atoms with E-state index >= 15 is 0 Å². The fraction of sp³-hybridized carbons (Fsp3) is 0.176. The summed E-state index contributed by atoms with van der Waals surface area (Å²) in [7, 11) is 0. The molecule has 1 aromatic carbocycles. The van der Waals surface area contributed by atoms with Crippen LogP contribution in [0.4, 0.5) is 14.9 Å². The predicted octanol–water partition coefficient (Wildman–Crippen LogP) is 3.59. The van der Waals surface area contributed by atoms with Crippen LogP contribution < -0.4 is 16.0 Å². The molecule has 2 heterocycles. The van der Waals surface area contributed by atoms with Gasteiger partial charge >= 0.3 is 6.03 Å². The van der Waals surface area contributed by atoms with E-state index in [9.17, 15) is 9.18 Å². The molecule has 9 nitrogen and oxygen atoms in total. The topological polar surface area (TPSA) is 129 Å². The summed E-state index contributed by atoms with van der Waals surface area (Å²) in [4.78, 5) is 11.7. The normalized spacial score (nSPS) is 10.6. The predicted molar refractivity (Wildman–Crippen MR) is 109 cm³/mol. The number of hydrogen-bond acceptors (Lipinski definition) is 7. The Morgan fingerprint density at radius 2 is 2.14 bits per heavy atom. The molecule has 2 amide bonds. The van der Waals surface area contributed by atoms with Gasteiger partial charge in [-0.3, -0.25) is 5.41 Å². The standard InChI is InChI=1S/C17H16BrFN6O3S/c18-12-8-10(3-4-13(12)19)23-15(20)14-16(25-28-24-14)29-7-5-21-17(26)22-9-11-2-1-6-27-11/h1-4,6,8H,5,7,9H2,(H2,20,23)(H2,21,22,26). The third-order valence-corrected chi connectivity index (χ3v) is 5.07. The van der Waals surface area contributed by atoms with E-state index in [2.05, 4.69) is 42.2 Å². The number of nitrogens with one attached hydrogen (secondary N) is 4. The Balaban J connectivity index is 1.44. The Morgan fingerprint density at radius 1 is 1.28 bits per heavy atom. The molecule has 0 spiro atoms. The lowest BCUT2D eigenvalue weighted by Crippen LogP contribution is -2.36. The zero-order chi connectivity index (χ0) is 20.6. The molecule has 0 saturated carbocycles. The van der Waals surface area contributed by atoms with E-state index in [4.69, 9.17) is 14.5 Å². The van der Waals surface area contributed by atoms with Gasteiger partial charge in [-0.15, -0.1) is 0 Å². The molecular formula is C17H16BrFN6O3S. The number of rotatable bonds is 8. The number of urea groups is 1. The van der Waals surface area contributed by atoms with Crippen molar-refractivity contribution in [2.45, 2.75) is 11.6 Å². The van der Waals surface area contributed by atoms with Crippen LogP contribution in [-0.4, -0.2) is 34.5 Å². The van der Waals surface area contributed by atoms with Crippen molar-refractivity contribution in [3.63, 3.8) is 0 Å². The van der Waals surface area contributed by atoms with E-state index in [1.807, 2.05) is 0 Å². The molecule has 0 fully saturated rings. The SMILES string of the molecule is N=C(Nc1ccc(F)c(Br)c1)c1nonc1SCCNC(=O)NCc1ccco1. The van der Waals surface area contributed by atoms with E-state index in [0.29, 0.717) is 35.3 Å². The summed E-state index contributed by atoms with van der Waals surface area (Å²) in [5, 5.41) is 24.2. The van der Waals surface area contributed by atoms with Crippen molar-refractivity contribution in [3.05, 3.63) is 58.3 Å². The van der Waals surface area contributed by atoms with E-state index in [-0.39, 0.29) is 22.0 Å². The molecule has 0 aliphatic rings. The first-order valence-corrected chi connectivity index (χ1v) is 10.1.